The fourth-order valence-electron chi connectivity index (χ4n) is 1.55. The van der Waals surface area contributed by atoms with Gasteiger partial charge in [0, 0.05) is 13.5 Å². The summed E-state index contributed by atoms with van der Waals surface area (Å²) in [6.45, 7) is 2.03. The van der Waals surface area contributed by atoms with Gasteiger partial charge in [0.2, 0.25) is 5.91 Å². The number of amides is 1. The van der Waals surface area contributed by atoms with Gasteiger partial charge in [-0.2, -0.15) is 0 Å². The zero-order valence-corrected chi connectivity index (χ0v) is 11.0. The molecule has 0 saturated heterocycles. The lowest BCUT2D eigenvalue weighted by Crippen LogP contribution is -2.20. The zero-order chi connectivity index (χ0) is 14.3. The summed E-state index contributed by atoms with van der Waals surface area (Å²) >= 11 is 0. The summed E-state index contributed by atoms with van der Waals surface area (Å²) in [5.74, 6) is -0.751. The normalized spacial score (nSPS) is 10.4. The topological polar surface area (TPSA) is 75.6 Å². The summed E-state index contributed by atoms with van der Waals surface area (Å²) in [7, 11) is 1.44. The summed E-state index contributed by atoms with van der Waals surface area (Å²) in [6.07, 6.45) is 4.38. The predicted octanol–water partition coefficient (Wildman–Crippen LogP) is 1.93. The van der Waals surface area contributed by atoms with Crippen molar-refractivity contribution >= 4 is 18.0 Å². The molecule has 5 heteroatoms. The number of carbonyl (C=O) groups excluding carboxylic acids is 1. The van der Waals surface area contributed by atoms with Crippen LogP contribution in [0, 0.1) is 0 Å². The molecule has 2 N–H and O–H groups in total. The molecule has 0 unspecified atom stereocenters. The van der Waals surface area contributed by atoms with Crippen molar-refractivity contribution in [3.8, 4) is 5.75 Å². The lowest BCUT2D eigenvalue weighted by atomic mass is 10.1. The third kappa shape index (κ3) is 4.83. The van der Waals surface area contributed by atoms with Crippen LogP contribution in [0.4, 0.5) is 0 Å². The van der Waals surface area contributed by atoms with Crippen LogP contribution in [-0.2, 0) is 4.79 Å². The smallest absolute Gasteiger partial charge is 0.339 e. The van der Waals surface area contributed by atoms with Gasteiger partial charge in [0.25, 0.3) is 0 Å². The number of methoxy groups -OCH3 is 1. The minimum atomic E-state index is -1.02. The van der Waals surface area contributed by atoms with E-state index in [1.807, 2.05) is 12.2 Å². The maximum atomic E-state index is 11.0. The van der Waals surface area contributed by atoms with Gasteiger partial charge in [-0.1, -0.05) is 18.2 Å². The van der Waals surface area contributed by atoms with Crippen LogP contribution < -0.4 is 10.1 Å². The van der Waals surface area contributed by atoms with E-state index >= 15 is 0 Å². The van der Waals surface area contributed by atoms with E-state index in [-0.39, 0.29) is 11.5 Å². The van der Waals surface area contributed by atoms with Gasteiger partial charge >= 0.3 is 5.97 Å². The van der Waals surface area contributed by atoms with Crippen molar-refractivity contribution in [3.63, 3.8) is 0 Å². The standard InChI is InChI=1S/C14H17NO4/c1-10(16)15-8-4-3-5-11-6-7-13(19-2)12(9-11)14(17)18/h3,5-7,9H,4,8H2,1-2H3,(H,15,16)(H,17,18). The molecule has 19 heavy (non-hydrogen) atoms. The number of carboxylic acids is 1. The second kappa shape index (κ2) is 7.20. The number of aromatic carboxylic acids is 1. The molecule has 1 aromatic rings. The SMILES string of the molecule is COc1ccc(C=CCCNC(C)=O)cc1C(=O)O. The Morgan fingerprint density at radius 2 is 2.16 bits per heavy atom. The van der Waals surface area contributed by atoms with E-state index < -0.39 is 5.97 Å². The molecular weight excluding hydrogens is 246 g/mol. The van der Waals surface area contributed by atoms with Crippen molar-refractivity contribution in [2.75, 3.05) is 13.7 Å². The summed E-state index contributed by atoms with van der Waals surface area (Å²) in [5.41, 5.74) is 0.910. The molecule has 0 aliphatic heterocycles. The van der Waals surface area contributed by atoms with Crippen LogP contribution in [0.5, 0.6) is 5.75 Å². The predicted molar refractivity (Wildman–Crippen MR) is 72.3 cm³/mol. The fourth-order valence-corrected chi connectivity index (χ4v) is 1.55. The first kappa shape index (κ1) is 14.8. The quantitative estimate of drug-likeness (QED) is 0.769. The molecule has 0 bridgehead atoms. The van der Waals surface area contributed by atoms with E-state index in [2.05, 4.69) is 5.32 Å². The zero-order valence-electron chi connectivity index (χ0n) is 11.0. The molecule has 102 valence electrons. The van der Waals surface area contributed by atoms with Gasteiger partial charge < -0.3 is 15.2 Å². The molecule has 0 spiro atoms. The van der Waals surface area contributed by atoms with Crippen LogP contribution in [-0.4, -0.2) is 30.6 Å². The first-order chi connectivity index (χ1) is 9.04. The van der Waals surface area contributed by atoms with E-state index in [0.29, 0.717) is 18.7 Å². The third-order valence-electron chi connectivity index (χ3n) is 2.45. The Balaban J connectivity index is 2.69. The fraction of sp³-hybridized carbons (Fsp3) is 0.286. The highest BCUT2D eigenvalue weighted by molar-refractivity contribution is 5.91. The molecule has 0 aliphatic rings. The van der Waals surface area contributed by atoms with Crippen LogP contribution >= 0.6 is 0 Å². The molecule has 0 aliphatic carbocycles. The van der Waals surface area contributed by atoms with Crippen molar-refractivity contribution in [3.05, 3.63) is 35.4 Å². The number of rotatable bonds is 6. The Bertz CT molecular complexity index is 494. The van der Waals surface area contributed by atoms with Crippen LogP contribution in [0.15, 0.2) is 24.3 Å². The first-order valence-electron chi connectivity index (χ1n) is 5.87. The minimum absolute atomic E-state index is 0.0639. The molecule has 1 amide bonds. The molecule has 0 aromatic heterocycles. The van der Waals surface area contributed by atoms with Crippen LogP contribution in [0.2, 0.25) is 0 Å². The Labute approximate surface area is 111 Å². The number of carboxylic acid groups (broad SMARTS) is 1. The number of nitrogens with one attached hydrogen (secondary N) is 1. The van der Waals surface area contributed by atoms with E-state index in [1.54, 1.807) is 18.2 Å². The Morgan fingerprint density at radius 3 is 2.74 bits per heavy atom. The number of hydrogen-bond acceptors (Lipinski definition) is 3. The molecular formula is C14H17NO4. The highest BCUT2D eigenvalue weighted by Crippen LogP contribution is 2.20. The first-order valence-corrected chi connectivity index (χ1v) is 5.87. The highest BCUT2D eigenvalue weighted by Gasteiger charge is 2.10. The van der Waals surface area contributed by atoms with Gasteiger partial charge in [-0.05, 0) is 24.1 Å². The van der Waals surface area contributed by atoms with Crippen LogP contribution in [0.25, 0.3) is 6.08 Å². The molecule has 1 aromatic carbocycles. The average Bonchev–Trinajstić information content (AvgIpc) is 2.37. The molecule has 0 radical (unpaired) electrons. The van der Waals surface area contributed by atoms with E-state index in [4.69, 9.17) is 9.84 Å². The maximum Gasteiger partial charge on any atom is 0.339 e. The molecule has 0 atom stereocenters. The third-order valence-corrected chi connectivity index (χ3v) is 2.45. The average molecular weight is 263 g/mol. The number of hydrogen-bond donors (Lipinski definition) is 2. The lowest BCUT2D eigenvalue weighted by Gasteiger charge is -2.05. The molecule has 5 nitrogen and oxygen atoms in total. The van der Waals surface area contributed by atoms with E-state index in [0.717, 1.165) is 5.56 Å². The van der Waals surface area contributed by atoms with Gasteiger partial charge in [0.05, 0.1) is 7.11 Å². The Hall–Kier alpha value is -2.30. The molecule has 0 fully saturated rings. The van der Waals surface area contributed by atoms with Crippen molar-refractivity contribution in [1.29, 1.82) is 0 Å². The van der Waals surface area contributed by atoms with Crippen molar-refractivity contribution in [2.24, 2.45) is 0 Å². The minimum Gasteiger partial charge on any atom is -0.496 e. The highest BCUT2D eigenvalue weighted by atomic mass is 16.5. The van der Waals surface area contributed by atoms with E-state index in [9.17, 15) is 9.59 Å². The molecule has 0 heterocycles. The van der Waals surface area contributed by atoms with Gasteiger partial charge in [0.15, 0.2) is 0 Å². The summed E-state index contributed by atoms with van der Waals surface area (Å²) in [4.78, 5) is 21.7. The second-order valence-electron chi connectivity index (χ2n) is 3.94. The van der Waals surface area contributed by atoms with Gasteiger partial charge in [-0.15, -0.1) is 0 Å². The monoisotopic (exact) mass is 263 g/mol. The largest absolute Gasteiger partial charge is 0.496 e. The van der Waals surface area contributed by atoms with Crippen molar-refractivity contribution in [2.45, 2.75) is 13.3 Å². The van der Waals surface area contributed by atoms with Crippen molar-refractivity contribution in [1.82, 2.24) is 5.32 Å². The summed E-state index contributed by atoms with van der Waals surface area (Å²) in [6, 6.07) is 4.95. The number of ether oxygens (including phenoxy) is 1. The maximum absolute atomic E-state index is 11.0. The second-order valence-corrected chi connectivity index (χ2v) is 3.94. The molecule has 1 rings (SSSR count). The Morgan fingerprint density at radius 1 is 1.42 bits per heavy atom. The van der Waals surface area contributed by atoms with E-state index in [1.165, 1.54) is 14.0 Å². The summed E-state index contributed by atoms with van der Waals surface area (Å²) < 4.78 is 4.98. The van der Waals surface area contributed by atoms with Crippen molar-refractivity contribution < 1.29 is 19.4 Å². The lowest BCUT2D eigenvalue weighted by molar-refractivity contribution is -0.118. The van der Waals surface area contributed by atoms with Gasteiger partial charge in [-0.25, -0.2) is 4.79 Å². The molecule has 0 saturated carbocycles. The Kier molecular flexibility index (Phi) is 5.60. The number of carbonyl (C=O) groups is 2. The van der Waals surface area contributed by atoms with Gasteiger partial charge in [0.1, 0.15) is 11.3 Å². The number of benzene rings is 1. The summed E-state index contributed by atoms with van der Waals surface area (Å²) in [5, 5.41) is 11.7. The van der Waals surface area contributed by atoms with Crippen LogP contribution in [0.1, 0.15) is 29.3 Å². The van der Waals surface area contributed by atoms with Crippen LogP contribution in [0.3, 0.4) is 0 Å². The van der Waals surface area contributed by atoms with Gasteiger partial charge in [-0.3, -0.25) is 4.79 Å².